The molecular formula is C13H20ClN3O. The molecule has 2 N–H and O–H groups in total. The smallest absolute Gasteiger partial charge is 0.272 e. The van der Waals surface area contributed by atoms with Gasteiger partial charge in [0, 0.05) is 12.6 Å². The first-order chi connectivity index (χ1) is 8.22. The third-order valence-electron chi connectivity index (χ3n) is 3.36. The third kappa shape index (κ3) is 3.13. The van der Waals surface area contributed by atoms with Crippen LogP contribution in [0.15, 0.2) is 18.2 Å². The number of aromatic nitrogens is 1. The molecule has 1 aliphatic rings. The lowest BCUT2D eigenvalue weighted by atomic mass is 10.2. The van der Waals surface area contributed by atoms with Crippen LogP contribution in [-0.4, -0.2) is 28.4 Å². The fraction of sp³-hybridized carbons (Fsp3) is 0.538. The van der Waals surface area contributed by atoms with E-state index >= 15 is 0 Å². The van der Waals surface area contributed by atoms with E-state index in [1.165, 1.54) is 12.8 Å². The molecule has 0 spiro atoms. The van der Waals surface area contributed by atoms with E-state index in [1.54, 1.807) is 18.2 Å². The number of carbonyl (C=O) groups excluding carboxylic acids is 1. The van der Waals surface area contributed by atoms with Gasteiger partial charge >= 0.3 is 0 Å². The molecule has 4 nitrogen and oxygen atoms in total. The van der Waals surface area contributed by atoms with Gasteiger partial charge in [0.15, 0.2) is 0 Å². The minimum Gasteiger partial charge on any atom is -0.384 e. The second-order valence-electron chi connectivity index (χ2n) is 4.48. The maximum absolute atomic E-state index is 12.3. The third-order valence-corrected chi connectivity index (χ3v) is 3.36. The van der Waals surface area contributed by atoms with Crippen LogP contribution in [0, 0.1) is 0 Å². The molecular weight excluding hydrogens is 250 g/mol. The van der Waals surface area contributed by atoms with Crippen LogP contribution in [0.4, 0.5) is 5.82 Å². The molecule has 0 saturated heterocycles. The van der Waals surface area contributed by atoms with E-state index in [2.05, 4.69) is 4.98 Å². The Labute approximate surface area is 114 Å². The van der Waals surface area contributed by atoms with Gasteiger partial charge in [0.2, 0.25) is 0 Å². The Morgan fingerprint density at radius 3 is 2.67 bits per heavy atom. The fourth-order valence-electron chi connectivity index (χ4n) is 2.50. The van der Waals surface area contributed by atoms with E-state index in [4.69, 9.17) is 5.73 Å². The normalized spacial score (nSPS) is 15.2. The van der Waals surface area contributed by atoms with Crippen molar-refractivity contribution >= 4 is 24.1 Å². The Kier molecular flexibility index (Phi) is 5.41. The topological polar surface area (TPSA) is 59.2 Å². The predicted molar refractivity (Wildman–Crippen MR) is 74.9 cm³/mol. The molecule has 0 radical (unpaired) electrons. The van der Waals surface area contributed by atoms with Crippen molar-refractivity contribution in [1.29, 1.82) is 0 Å². The predicted octanol–water partition coefficient (Wildman–Crippen LogP) is 2.49. The minimum atomic E-state index is 0. The molecule has 1 heterocycles. The highest BCUT2D eigenvalue weighted by atomic mass is 35.5. The standard InChI is InChI=1S/C13H19N3O.ClH/c1-2-16(10-6-3-4-7-10)13(17)11-8-5-9-12(14)15-11;/h5,8-10H,2-4,6-7H2,1H3,(H2,14,15);1H. The summed E-state index contributed by atoms with van der Waals surface area (Å²) in [5, 5.41) is 0. The number of hydrogen-bond donors (Lipinski definition) is 1. The van der Waals surface area contributed by atoms with E-state index < -0.39 is 0 Å². The van der Waals surface area contributed by atoms with Crippen LogP contribution in [-0.2, 0) is 0 Å². The van der Waals surface area contributed by atoms with E-state index in [0.717, 1.165) is 19.4 Å². The molecule has 1 aromatic heterocycles. The largest absolute Gasteiger partial charge is 0.384 e. The van der Waals surface area contributed by atoms with E-state index in [9.17, 15) is 4.79 Å². The average molecular weight is 270 g/mol. The van der Waals surface area contributed by atoms with Gasteiger partial charge < -0.3 is 10.6 Å². The number of nitrogen functional groups attached to an aromatic ring is 1. The molecule has 0 unspecified atom stereocenters. The van der Waals surface area contributed by atoms with Crippen molar-refractivity contribution in [3.05, 3.63) is 23.9 Å². The summed E-state index contributed by atoms with van der Waals surface area (Å²) < 4.78 is 0. The molecule has 1 amide bonds. The van der Waals surface area contributed by atoms with Crippen LogP contribution in [0.3, 0.4) is 0 Å². The maximum atomic E-state index is 12.3. The summed E-state index contributed by atoms with van der Waals surface area (Å²) in [5.41, 5.74) is 6.07. The average Bonchev–Trinajstić information content (AvgIpc) is 2.83. The number of carbonyl (C=O) groups is 1. The van der Waals surface area contributed by atoms with E-state index in [1.807, 2.05) is 11.8 Å². The zero-order valence-corrected chi connectivity index (χ0v) is 11.4. The van der Waals surface area contributed by atoms with Crippen LogP contribution < -0.4 is 5.73 Å². The van der Waals surface area contributed by atoms with Crippen molar-refractivity contribution in [3.63, 3.8) is 0 Å². The fourth-order valence-corrected chi connectivity index (χ4v) is 2.50. The highest BCUT2D eigenvalue weighted by Crippen LogP contribution is 2.24. The Morgan fingerprint density at radius 1 is 1.44 bits per heavy atom. The maximum Gasteiger partial charge on any atom is 0.272 e. The molecule has 1 saturated carbocycles. The van der Waals surface area contributed by atoms with Gasteiger partial charge in [0.05, 0.1) is 0 Å². The van der Waals surface area contributed by atoms with Gasteiger partial charge in [0.1, 0.15) is 11.5 Å². The van der Waals surface area contributed by atoms with Gasteiger partial charge in [-0.25, -0.2) is 4.98 Å². The van der Waals surface area contributed by atoms with Crippen LogP contribution in [0.25, 0.3) is 0 Å². The molecule has 0 atom stereocenters. The van der Waals surface area contributed by atoms with Crippen LogP contribution in [0.2, 0.25) is 0 Å². The summed E-state index contributed by atoms with van der Waals surface area (Å²) in [6.45, 7) is 2.75. The summed E-state index contributed by atoms with van der Waals surface area (Å²) in [7, 11) is 0. The second kappa shape index (κ2) is 6.59. The summed E-state index contributed by atoms with van der Waals surface area (Å²) in [6, 6.07) is 5.59. The number of nitrogens with zero attached hydrogens (tertiary/aromatic N) is 2. The number of hydrogen-bond acceptors (Lipinski definition) is 3. The van der Waals surface area contributed by atoms with Gasteiger partial charge in [-0.3, -0.25) is 4.79 Å². The number of halogens is 1. The molecule has 5 heteroatoms. The van der Waals surface area contributed by atoms with Crippen LogP contribution in [0.5, 0.6) is 0 Å². The zero-order chi connectivity index (χ0) is 12.3. The van der Waals surface area contributed by atoms with Crippen molar-refractivity contribution in [2.24, 2.45) is 0 Å². The van der Waals surface area contributed by atoms with Crippen molar-refractivity contribution in [2.45, 2.75) is 38.6 Å². The minimum absolute atomic E-state index is 0. The van der Waals surface area contributed by atoms with Crippen molar-refractivity contribution < 1.29 is 4.79 Å². The first-order valence-electron chi connectivity index (χ1n) is 6.26. The first-order valence-corrected chi connectivity index (χ1v) is 6.26. The molecule has 2 rings (SSSR count). The van der Waals surface area contributed by atoms with Crippen molar-refractivity contribution in [2.75, 3.05) is 12.3 Å². The van der Waals surface area contributed by atoms with Crippen LogP contribution in [0.1, 0.15) is 43.1 Å². The van der Waals surface area contributed by atoms with Gasteiger partial charge in [-0.1, -0.05) is 18.9 Å². The molecule has 0 bridgehead atoms. The van der Waals surface area contributed by atoms with Crippen molar-refractivity contribution in [3.8, 4) is 0 Å². The second-order valence-corrected chi connectivity index (χ2v) is 4.48. The number of anilines is 1. The number of pyridine rings is 1. The number of rotatable bonds is 3. The molecule has 1 fully saturated rings. The number of nitrogens with two attached hydrogens (primary N) is 1. The Morgan fingerprint density at radius 2 is 2.11 bits per heavy atom. The van der Waals surface area contributed by atoms with Gasteiger partial charge in [-0.15, -0.1) is 12.4 Å². The Hall–Kier alpha value is -1.29. The quantitative estimate of drug-likeness (QED) is 0.917. The summed E-state index contributed by atoms with van der Waals surface area (Å²) >= 11 is 0. The van der Waals surface area contributed by atoms with Crippen LogP contribution >= 0.6 is 12.4 Å². The van der Waals surface area contributed by atoms with Gasteiger partial charge in [-0.2, -0.15) is 0 Å². The van der Waals surface area contributed by atoms with E-state index in [-0.39, 0.29) is 18.3 Å². The van der Waals surface area contributed by atoms with Crippen molar-refractivity contribution in [1.82, 2.24) is 9.88 Å². The van der Waals surface area contributed by atoms with Gasteiger partial charge in [-0.05, 0) is 31.9 Å². The highest BCUT2D eigenvalue weighted by Gasteiger charge is 2.26. The molecule has 100 valence electrons. The molecule has 0 aliphatic heterocycles. The zero-order valence-electron chi connectivity index (χ0n) is 10.6. The summed E-state index contributed by atoms with van der Waals surface area (Å²) in [6.07, 6.45) is 4.67. The number of amides is 1. The highest BCUT2D eigenvalue weighted by molar-refractivity contribution is 5.92. The lowest BCUT2D eigenvalue weighted by Crippen LogP contribution is -2.39. The Bertz CT molecular complexity index is 405. The molecule has 18 heavy (non-hydrogen) atoms. The van der Waals surface area contributed by atoms with E-state index in [0.29, 0.717) is 17.6 Å². The summed E-state index contributed by atoms with van der Waals surface area (Å²) in [5.74, 6) is 0.407. The summed E-state index contributed by atoms with van der Waals surface area (Å²) in [4.78, 5) is 18.3. The monoisotopic (exact) mass is 269 g/mol. The lowest BCUT2D eigenvalue weighted by molar-refractivity contribution is 0.0687. The van der Waals surface area contributed by atoms with Gasteiger partial charge in [0.25, 0.3) is 5.91 Å². The first kappa shape index (κ1) is 14.8. The molecule has 1 aromatic rings. The lowest BCUT2D eigenvalue weighted by Gasteiger charge is -2.27. The molecule has 0 aromatic carbocycles. The molecule has 1 aliphatic carbocycles. The SMILES string of the molecule is CCN(C(=O)c1cccc(N)n1)C1CCCC1.Cl. The Balaban J connectivity index is 0.00000162.